The van der Waals surface area contributed by atoms with Crippen molar-refractivity contribution in [1.29, 1.82) is 0 Å². The minimum atomic E-state index is 0.0941. The van der Waals surface area contributed by atoms with E-state index in [0.29, 0.717) is 21.9 Å². The van der Waals surface area contributed by atoms with Gasteiger partial charge in [-0.05, 0) is 38.5 Å². The van der Waals surface area contributed by atoms with Crippen LogP contribution in [0.5, 0.6) is 0 Å². The minimum Gasteiger partial charge on any atom is -0.311 e. The van der Waals surface area contributed by atoms with Crippen LogP contribution < -0.4 is 4.90 Å². The molecule has 140 valence electrons. The van der Waals surface area contributed by atoms with Crippen LogP contribution in [0.1, 0.15) is 24.7 Å². The summed E-state index contributed by atoms with van der Waals surface area (Å²) >= 11 is 3.25. The molecule has 0 radical (unpaired) electrons. The predicted molar refractivity (Wildman–Crippen MR) is 110 cm³/mol. The average molecular weight is 400 g/mol. The van der Waals surface area contributed by atoms with E-state index in [0.717, 1.165) is 30.0 Å². The number of thioether (sulfide) groups is 2. The number of para-hydroxylation sites is 1. The fourth-order valence-corrected chi connectivity index (χ4v) is 5.22. The standard InChI is InChI=1S/C19H21N5OS2/c1-12-10-13(2)24-18(20-12)21-22-19(24)26-11-17(25)23-9-8-14(3)27-16-7-5-4-6-15(16)23/h4-7,10,14H,8-9,11H2,1-3H3. The second-order valence-electron chi connectivity index (χ2n) is 6.68. The van der Waals surface area contributed by atoms with Crippen LogP contribution in [0.4, 0.5) is 5.69 Å². The molecule has 8 heteroatoms. The Bertz CT molecular complexity index is 1000. The van der Waals surface area contributed by atoms with E-state index in [1.165, 1.54) is 16.7 Å². The van der Waals surface area contributed by atoms with Crippen LogP contribution in [0, 0.1) is 13.8 Å². The van der Waals surface area contributed by atoms with Crippen molar-refractivity contribution < 1.29 is 4.79 Å². The lowest BCUT2D eigenvalue weighted by Gasteiger charge is -2.22. The van der Waals surface area contributed by atoms with Crippen molar-refractivity contribution in [3.8, 4) is 0 Å². The van der Waals surface area contributed by atoms with Gasteiger partial charge in [0.25, 0.3) is 5.78 Å². The Morgan fingerprint density at radius 2 is 2.11 bits per heavy atom. The Morgan fingerprint density at radius 3 is 2.96 bits per heavy atom. The van der Waals surface area contributed by atoms with Gasteiger partial charge >= 0.3 is 0 Å². The first-order valence-electron chi connectivity index (χ1n) is 8.91. The number of aryl methyl sites for hydroxylation is 2. The van der Waals surface area contributed by atoms with E-state index >= 15 is 0 Å². The van der Waals surface area contributed by atoms with Crippen LogP contribution in [-0.2, 0) is 4.79 Å². The summed E-state index contributed by atoms with van der Waals surface area (Å²) in [6.45, 7) is 6.89. The number of hydrogen-bond acceptors (Lipinski definition) is 6. The quantitative estimate of drug-likeness (QED) is 0.625. The Kier molecular flexibility index (Phi) is 5.10. The minimum absolute atomic E-state index is 0.0941. The molecule has 0 N–H and O–H groups in total. The van der Waals surface area contributed by atoms with Gasteiger partial charge in [-0.3, -0.25) is 9.20 Å². The van der Waals surface area contributed by atoms with Crippen molar-refractivity contribution in [2.24, 2.45) is 0 Å². The van der Waals surface area contributed by atoms with Crippen molar-refractivity contribution in [3.63, 3.8) is 0 Å². The molecule has 0 aliphatic carbocycles. The maximum absolute atomic E-state index is 13.0. The Labute approximate surface area is 166 Å². The number of benzene rings is 1. The summed E-state index contributed by atoms with van der Waals surface area (Å²) in [5.74, 6) is 0.992. The van der Waals surface area contributed by atoms with Crippen LogP contribution in [-0.4, -0.2) is 43.0 Å². The Balaban J connectivity index is 1.55. The molecule has 2 aromatic heterocycles. The number of amides is 1. The van der Waals surface area contributed by atoms with Gasteiger partial charge in [-0.2, -0.15) is 0 Å². The number of carbonyl (C=O) groups excluding carboxylic acids is 1. The number of carbonyl (C=O) groups is 1. The fraction of sp³-hybridized carbons (Fsp3) is 0.368. The van der Waals surface area contributed by atoms with E-state index in [1.54, 1.807) is 0 Å². The first-order valence-corrected chi connectivity index (χ1v) is 10.8. The number of anilines is 1. The second-order valence-corrected chi connectivity index (χ2v) is 9.10. The third-order valence-corrected chi connectivity index (χ3v) is 6.68. The lowest BCUT2D eigenvalue weighted by atomic mass is 10.2. The smallest absolute Gasteiger partial charge is 0.256 e. The normalized spacial score (nSPS) is 17.0. The van der Waals surface area contributed by atoms with Gasteiger partial charge in [-0.1, -0.05) is 30.8 Å². The van der Waals surface area contributed by atoms with Gasteiger partial charge in [0.1, 0.15) is 0 Å². The van der Waals surface area contributed by atoms with Crippen LogP contribution >= 0.6 is 23.5 Å². The summed E-state index contributed by atoms with van der Waals surface area (Å²) in [6.07, 6.45) is 0.978. The number of aromatic nitrogens is 4. The van der Waals surface area contributed by atoms with Crippen molar-refractivity contribution >= 4 is 40.9 Å². The molecule has 0 saturated heterocycles. The summed E-state index contributed by atoms with van der Waals surface area (Å²) < 4.78 is 1.90. The highest BCUT2D eigenvalue weighted by Gasteiger charge is 2.24. The first kappa shape index (κ1) is 18.3. The molecule has 3 aromatic rings. The molecule has 1 amide bonds. The number of nitrogens with zero attached hydrogens (tertiary/aromatic N) is 5. The predicted octanol–water partition coefficient (Wildman–Crippen LogP) is 3.75. The molecule has 1 aliphatic rings. The topological polar surface area (TPSA) is 63.4 Å². The lowest BCUT2D eigenvalue weighted by molar-refractivity contribution is -0.116. The molecular formula is C19H21N5OS2. The van der Waals surface area contributed by atoms with Gasteiger partial charge in [0.2, 0.25) is 5.91 Å². The molecule has 1 unspecified atom stereocenters. The molecule has 27 heavy (non-hydrogen) atoms. The zero-order valence-electron chi connectivity index (χ0n) is 15.5. The maximum atomic E-state index is 13.0. The van der Waals surface area contributed by atoms with E-state index < -0.39 is 0 Å². The Morgan fingerprint density at radius 1 is 1.30 bits per heavy atom. The summed E-state index contributed by atoms with van der Waals surface area (Å²) in [7, 11) is 0. The second kappa shape index (κ2) is 7.52. The van der Waals surface area contributed by atoms with Crippen molar-refractivity contribution in [2.45, 2.75) is 42.5 Å². The van der Waals surface area contributed by atoms with E-state index in [1.807, 2.05) is 59.2 Å². The third kappa shape index (κ3) is 3.68. The summed E-state index contributed by atoms with van der Waals surface area (Å²) in [5, 5.41) is 9.57. The molecule has 1 atom stereocenters. The molecule has 0 saturated carbocycles. The van der Waals surface area contributed by atoms with Gasteiger partial charge in [0, 0.05) is 28.1 Å². The maximum Gasteiger partial charge on any atom is 0.256 e. The number of hydrogen-bond donors (Lipinski definition) is 0. The molecule has 1 aromatic carbocycles. The molecule has 4 rings (SSSR count). The van der Waals surface area contributed by atoms with Gasteiger partial charge in [-0.15, -0.1) is 22.0 Å². The fourth-order valence-electron chi connectivity index (χ4n) is 3.24. The van der Waals surface area contributed by atoms with Crippen LogP contribution in [0.2, 0.25) is 0 Å². The van der Waals surface area contributed by atoms with E-state index in [9.17, 15) is 4.79 Å². The highest BCUT2D eigenvalue weighted by atomic mass is 32.2. The van der Waals surface area contributed by atoms with E-state index in [4.69, 9.17) is 0 Å². The van der Waals surface area contributed by atoms with Crippen molar-refractivity contribution in [2.75, 3.05) is 17.2 Å². The van der Waals surface area contributed by atoms with Gasteiger partial charge in [0.15, 0.2) is 5.16 Å². The van der Waals surface area contributed by atoms with Crippen LogP contribution in [0.15, 0.2) is 40.4 Å². The SMILES string of the molecule is Cc1cc(C)n2c(SCC(=O)N3CCC(C)Sc4ccccc43)nnc2n1. The Hall–Kier alpha value is -2.06. The molecule has 0 bridgehead atoms. The zero-order valence-corrected chi connectivity index (χ0v) is 17.2. The van der Waals surface area contributed by atoms with Crippen LogP contribution in [0.3, 0.4) is 0 Å². The summed E-state index contributed by atoms with van der Waals surface area (Å²) in [5.41, 5.74) is 2.94. The molecule has 0 fully saturated rings. The molecular weight excluding hydrogens is 378 g/mol. The molecule has 1 aliphatic heterocycles. The van der Waals surface area contributed by atoms with Crippen molar-refractivity contribution in [1.82, 2.24) is 19.6 Å². The highest BCUT2D eigenvalue weighted by Crippen LogP contribution is 2.37. The van der Waals surface area contributed by atoms with E-state index in [-0.39, 0.29) is 5.91 Å². The van der Waals surface area contributed by atoms with Gasteiger partial charge < -0.3 is 4.90 Å². The lowest BCUT2D eigenvalue weighted by Crippen LogP contribution is -2.33. The first-order chi connectivity index (χ1) is 13.0. The molecule has 3 heterocycles. The zero-order chi connectivity index (χ0) is 19.0. The average Bonchev–Trinajstić information content (AvgIpc) is 2.95. The highest BCUT2D eigenvalue weighted by molar-refractivity contribution is 8.00. The van der Waals surface area contributed by atoms with Crippen molar-refractivity contribution in [3.05, 3.63) is 41.7 Å². The summed E-state index contributed by atoms with van der Waals surface area (Å²) in [4.78, 5) is 20.5. The van der Waals surface area contributed by atoms with E-state index in [2.05, 4.69) is 28.2 Å². The number of fused-ring (bicyclic) bond motifs is 2. The molecule has 6 nitrogen and oxygen atoms in total. The van der Waals surface area contributed by atoms with Gasteiger partial charge in [-0.25, -0.2) is 4.98 Å². The van der Waals surface area contributed by atoms with Gasteiger partial charge in [0.05, 0.1) is 11.4 Å². The third-order valence-electron chi connectivity index (χ3n) is 4.53. The summed E-state index contributed by atoms with van der Waals surface area (Å²) in [6, 6.07) is 10.1. The molecule has 0 spiro atoms. The van der Waals surface area contributed by atoms with Crippen LogP contribution in [0.25, 0.3) is 5.78 Å². The number of rotatable bonds is 3. The largest absolute Gasteiger partial charge is 0.311 e. The monoisotopic (exact) mass is 399 g/mol.